The minimum atomic E-state index is 1.11. The molecule has 0 aliphatic carbocycles. The van der Waals surface area contributed by atoms with E-state index in [4.69, 9.17) is 0 Å². The zero-order valence-electron chi connectivity index (χ0n) is 15.5. The summed E-state index contributed by atoms with van der Waals surface area (Å²) in [5.74, 6) is 0. The molecule has 1 heterocycles. The number of allylic oxidation sites excluding steroid dienone is 6. The highest BCUT2D eigenvalue weighted by Gasteiger charge is 1.97. The van der Waals surface area contributed by atoms with Gasteiger partial charge in [-0.25, -0.2) is 4.57 Å². The van der Waals surface area contributed by atoms with Crippen LogP contribution in [0.1, 0.15) is 66.2 Å². The second kappa shape index (κ2) is 11.9. The molecule has 23 heavy (non-hydrogen) atoms. The lowest BCUT2D eigenvalue weighted by Crippen LogP contribution is -2.31. The van der Waals surface area contributed by atoms with E-state index in [1.807, 2.05) is 0 Å². The first-order valence-corrected chi connectivity index (χ1v) is 8.96. The SMILES string of the molecule is CC(C)=CCC/C(C)=C/CCC(C)=CCCC[n+]1ccccc1. The van der Waals surface area contributed by atoms with Crippen molar-refractivity contribution in [2.24, 2.45) is 0 Å². The maximum Gasteiger partial charge on any atom is 0.168 e. The third-order valence-corrected chi connectivity index (χ3v) is 4.01. The van der Waals surface area contributed by atoms with Gasteiger partial charge >= 0.3 is 0 Å². The Kier molecular flexibility index (Phi) is 10.0. The summed E-state index contributed by atoms with van der Waals surface area (Å²) in [6, 6.07) is 6.25. The molecule has 0 aliphatic rings. The van der Waals surface area contributed by atoms with Crippen LogP contribution in [0.5, 0.6) is 0 Å². The van der Waals surface area contributed by atoms with Crippen molar-refractivity contribution in [3.05, 3.63) is 65.5 Å². The van der Waals surface area contributed by atoms with Crippen LogP contribution in [0.2, 0.25) is 0 Å². The lowest BCUT2D eigenvalue weighted by Gasteiger charge is -2.01. The van der Waals surface area contributed by atoms with Crippen molar-refractivity contribution in [1.82, 2.24) is 0 Å². The molecule has 0 aromatic carbocycles. The summed E-state index contributed by atoms with van der Waals surface area (Å²) in [5.41, 5.74) is 4.47. The van der Waals surface area contributed by atoms with Crippen molar-refractivity contribution in [3.63, 3.8) is 0 Å². The Hall–Kier alpha value is -1.63. The molecule has 0 spiro atoms. The number of unbranched alkanes of at least 4 members (excludes halogenated alkanes) is 1. The molecule has 1 aromatic rings. The molecule has 0 saturated carbocycles. The van der Waals surface area contributed by atoms with E-state index < -0.39 is 0 Å². The fourth-order valence-electron chi connectivity index (χ4n) is 2.54. The summed E-state index contributed by atoms with van der Waals surface area (Å²) in [6.07, 6.45) is 18.6. The van der Waals surface area contributed by atoms with Gasteiger partial charge in [-0.3, -0.25) is 0 Å². The Labute approximate surface area is 143 Å². The fourth-order valence-corrected chi connectivity index (χ4v) is 2.54. The maximum atomic E-state index is 2.41. The zero-order valence-corrected chi connectivity index (χ0v) is 15.5. The molecule has 126 valence electrons. The molecule has 0 atom stereocenters. The number of rotatable bonds is 10. The van der Waals surface area contributed by atoms with Gasteiger partial charge < -0.3 is 0 Å². The number of hydrogen-bond acceptors (Lipinski definition) is 0. The molecule has 0 radical (unpaired) electrons. The van der Waals surface area contributed by atoms with Gasteiger partial charge in [0.05, 0.1) is 0 Å². The fraction of sp³-hybridized carbons (Fsp3) is 0.500. The zero-order chi connectivity index (χ0) is 16.9. The smallest absolute Gasteiger partial charge is 0.168 e. The van der Waals surface area contributed by atoms with Crippen LogP contribution in [0.25, 0.3) is 0 Å². The first-order valence-electron chi connectivity index (χ1n) is 8.96. The molecular weight excluding hydrogens is 278 g/mol. The summed E-state index contributed by atoms with van der Waals surface area (Å²) >= 11 is 0. The van der Waals surface area contributed by atoms with Crippen molar-refractivity contribution in [1.29, 1.82) is 0 Å². The van der Waals surface area contributed by atoms with Crippen LogP contribution < -0.4 is 4.57 Å². The van der Waals surface area contributed by atoms with E-state index in [2.05, 4.69) is 81.1 Å². The summed E-state index contributed by atoms with van der Waals surface area (Å²) < 4.78 is 2.25. The standard InChI is InChI=1S/C22H34N/c1-20(2)12-10-14-22(4)16-11-15-21(3)13-6-9-19-23-17-7-5-8-18-23/h5,7-8,12-13,16-18H,6,9-11,14-15,19H2,1-4H3/q+1/b21-13?,22-16+. The number of aromatic nitrogens is 1. The van der Waals surface area contributed by atoms with Crippen LogP contribution in [0.15, 0.2) is 65.5 Å². The molecule has 0 aliphatic heterocycles. The molecule has 0 unspecified atom stereocenters. The molecule has 0 bridgehead atoms. The molecule has 0 fully saturated rings. The second-order valence-corrected chi connectivity index (χ2v) is 6.72. The largest absolute Gasteiger partial charge is 0.205 e. The Morgan fingerprint density at radius 3 is 1.91 bits per heavy atom. The topological polar surface area (TPSA) is 3.88 Å². The number of nitrogens with zero attached hydrogens (tertiary/aromatic N) is 1. The lowest BCUT2D eigenvalue weighted by molar-refractivity contribution is -0.697. The van der Waals surface area contributed by atoms with Gasteiger partial charge in [-0.05, 0) is 59.8 Å². The van der Waals surface area contributed by atoms with Crippen molar-refractivity contribution >= 4 is 0 Å². The highest BCUT2D eigenvalue weighted by molar-refractivity contribution is 5.05. The Balaban J connectivity index is 2.17. The molecule has 1 nitrogen and oxygen atoms in total. The van der Waals surface area contributed by atoms with E-state index in [9.17, 15) is 0 Å². The predicted molar refractivity (Wildman–Crippen MR) is 101 cm³/mol. The minimum absolute atomic E-state index is 1.11. The van der Waals surface area contributed by atoms with Gasteiger partial charge in [0, 0.05) is 18.6 Å². The van der Waals surface area contributed by atoms with E-state index in [0.29, 0.717) is 0 Å². The number of hydrogen-bond donors (Lipinski definition) is 0. The first kappa shape index (κ1) is 19.4. The normalized spacial score (nSPS) is 12.3. The third kappa shape index (κ3) is 10.7. The van der Waals surface area contributed by atoms with E-state index in [1.165, 1.54) is 55.2 Å². The quantitative estimate of drug-likeness (QED) is 0.276. The summed E-state index contributed by atoms with van der Waals surface area (Å²) in [6.45, 7) is 9.97. The van der Waals surface area contributed by atoms with E-state index in [1.54, 1.807) is 0 Å². The van der Waals surface area contributed by atoms with Crippen LogP contribution in [-0.4, -0.2) is 0 Å². The van der Waals surface area contributed by atoms with Crippen LogP contribution in [0, 0.1) is 0 Å². The summed E-state index contributed by atoms with van der Waals surface area (Å²) in [5, 5.41) is 0. The third-order valence-electron chi connectivity index (χ3n) is 4.01. The Bertz CT molecular complexity index is 516. The van der Waals surface area contributed by atoms with Gasteiger partial charge in [0.15, 0.2) is 12.4 Å². The van der Waals surface area contributed by atoms with Crippen LogP contribution >= 0.6 is 0 Å². The van der Waals surface area contributed by atoms with Crippen molar-refractivity contribution in [3.8, 4) is 0 Å². The van der Waals surface area contributed by atoms with Crippen molar-refractivity contribution < 1.29 is 4.57 Å². The predicted octanol–water partition coefficient (Wildman–Crippen LogP) is 6.17. The molecule has 1 rings (SSSR count). The van der Waals surface area contributed by atoms with E-state index in [0.717, 1.165) is 6.54 Å². The Morgan fingerprint density at radius 1 is 0.739 bits per heavy atom. The van der Waals surface area contributed by atoms with Gasteiger partial charge in [-0.1, -0.05) is 41.0 Å². The molecule has 0 amide bonds. The van der Waals surface area contributed by atoms with Gasteiger partial charge in [-0.2, -0.15) is 0 Å². The maximum absolute atomic E-state index is 2.41. The van der Waals surface area contributed by atoms with Gasteiger partial charge in [0.1, 0.15) is 6.54 Å². The highest BCUT2D eigenvalue weighted by atomic mass is 14.9. The molecule has 0 saturated heterocycles. The van der Waals surface area contributed by atoms with E-state index in [-0.39, 0.29) is 0 Å². The van der Waals surface area contributed by atoms with Crippen LogP contribution in [-0.2, 0) is 6.54 Å². The van der Waals surface area contributed by atoms with Crippen LogP contribution in [0.4, 0.5) is 0 Å². The van der Waals surface area contributed by atoms with E-state index >= 15 is 0 Å². The van der Waals surface area contributed by atoms with Gasteiger partial charge in [0.2, 0.25) is 0 Å². The second-order valence-electron chi connectivity index (χ2n) is 6.72. The van der Waals surface area contributed by atoms with Crippen molar-refractivity contribution in [2.45, 2.75) is 72.8 Å². The lowest BCUT2D eigenvalue weighted by atomic mass is 10.1. The monoisotopic (exact) mass is 312 g/mol. The average molecular weight is 313 g/mol. The Morgan fingerprint density at radius 2 is 1.30 bits per heavy atom. The molecule has 1 aromatic heterocycles. The molecule has 0 N–H and O–H groups in total. The number of aryl methyl sites for hydroxylation is 1. The highest BCUT2D eigenvalue weighted by Crippen LogP contribution is 2.12. The van der Waals surface area contributed by atoms with Crippen molar-refractivity contribution in [2.75, 3.05) is 0 Å². The summed E-state index contributed by atoms with van der Waals surface area (Å²) in [7, 11) is 0. The van der Waals surface area contributed by atoms with Gasteiger partial charge in [0.25, 0.3) is 0 Å². The molecular formula is C22H34N+. The van der Waals surface area contributed by atoms with Crippen LogP contribution in [0.3, 0.4) is 0 Å². The number of pyridine rings is 1. The average Bonchev–Trinajstić information content (AvgIpc) is 2.52. The molecule has 1 heteroatoms. The minimum Gasteiger partial charge on any atom is -0.205 e. The first-order chi connectivity index (χ1) is 11.1. The van der Waals surface area contributed by atoms with Gasteiger partial charge in [-0.15, -0.1) is 0 Å². The summed E-state index contributed by atoms with van der Waals surface area (Å²) in [4.78, 5) is 0.